The lowest BCUT2D eigenvalue weighted by Gasteiger charge is -1.99. The molecular formula is C11H7N3O2S2. The van der Waals surface area contributed by atoms with E-state index < -0.39 is 4.92 Å². The molecule has 0 saturated carbocycles. The van der Waals surface area contributed by atoms with Crippen LogP contribution in [0.25, 0.3) is 0 Å². The molecule has 90 valence electrons. The number of benzene rings is 1. The molecule has 1 aromatic carbocycles. The Bertz CT molecular complexity index is 646. The van der Waals surface area contributed by atoms with Gasteiger partial charge in [-0.15, -0.1) is 11.3 Å². The van der Waals surface area contributed by atoms with E-state index >= 15 is 0 Å². The summed E-state index contributed by atoms with van der Waals surface area (Å²) >= 11 is 2.84. The molecule has 0 spiro atoms. The largest absolute Gasteiger partial charge is 0.288 e. The first-order chi connectivity index (χ1) is 8.60. The summed E-state index contributed by atoms with van der Waals surface area (Å²) in [7, 11) is 0. The first-order valence-corrected chi connectivity index (χ1v) is 6.58. The minimum atomic E-state index is -0.546. The lowest BCUT2D eigenvalue weighted by Crippen LogP contribution is -1.92. The maximum absolute atomic E-state index is 10.8. The maximum Gasteiger partial charge on any atom is 0.288 e. The highest BCUT2D eigenvalue weighted by Crippen LogP contribution is 2.33. The van der Waals surface area contributed by atoms with Gasteiger partial charge in [0.1, 0.15) is 11.6 Å². The quantitative estimate of drug-likeness (QED) is 0.634. The number of nitriles is 1. The molecule has 0 amide bonds. The number of hydrogen-bond donors (Lipinski definition) is 0. The van der Waals surface area contributed by atoms with Gasteiger partial charge in [0.15, 0.2) is 4.34 Å². The minimum absolute atomic E-state index is 0.0691. The van der Waals surface area contributed by atoms with Gasteiger partial charge in [0.25, 0.3) is 5.69 Å². The fraction of sp³-hybridized carbons (Fsp3) is 0.0909. The Morgan fingerprint density at radius 3 is 2.89 bits per heavy atom. The second-order valence-corrected chi connectivity index (χ2v) is 5.58. The predicted octanol–water partition coefficient (Wildman–Crippen LogP) is 3.38. The summed E-state index contributed by atoms with van der Waals surface area (Å²) in [5, 5.41) is 21.5. The van der Waals surface area contributed by atoms with Crippen molar-refractivity contribution in [2.45, 2.75) is 16.2 Å². The van der Waals surface area contributed by atoms with Crippen molar-refractivity contribution in [2.24, 2.45) is 0 Å². The van der Waals surface area contributed by atoms with Gasteiger partial charge < -0.3 is 0 Å². The normalized spacial score (nSPS) is 10.0. The highest BCUT2D eigenvalue weighted by molar-refractivity contribution is 8.01. The molecule has 2 rings (SSSR count). The van der Waals surface area contributed by atoms with E-state index in [0.717, 1.165) is 10.0 Å². The van der Waals surface area contributed by atoms with E-state index in [2.05, 4.69) is 4.98 Å². The summed E-state index contributed by atoms with van der Waals surface area (Å²) < 4.78 is 0.825. The first-order valence-electron chi connectivity index (χ1n) is 4.88. The van der Waals surface area contributed by atoms with Crippen molar-refractivity contribution >= 4 is 28.8 Å². The second-order valence-electron chi connectivity index (χ2n) is 3.40. The van der Waals surface area contributed by atoms with Gasteiger partial charge in [0.2, 0.25) is 0 Å². The molecule has 2 aromatic rings. The van der Waals surface area contributed by atoms with Crippen molar-refractivity contribution in [1.82, 2.24) is 4.98 Å². The summed E-state index contributed by atoms with van der Waals surface area (Å²) in [6, 6.07) is 6.36. The van der Waals surface area contributed by atoms with Crippen LogP contribution in [0.15, 0.2) is 32.8 Å². The molecular weight excluding hydrogens is 270 g/mol. The van der Waals surface area contributed by atoms with E-state index in [1.165, 1.54) is 35.2 Å². The average molecular weight is 277 g/mol. The molecule has 0 unspecified atom stereocenters. The van der Waals surface area contributed by atoms with Crippen LogP contribution in [0.2, 0.25) is 0 Å². The fourth-order valence-corrected chi connectivity index (χ4v) is 3.14. The van der Waals surface area contributed by atoms with Crippen LogP contribution in [-0.4, -0.2) is 9.91 Å². The number of nitro groups is 1. The molecule has 1 aromatic heterocycles. The molecule has 0 fully saturated rings. The molecule has 7 heteroatoms. The molecule has 0 aliphatic rings. The summed E-state index contributed by atoms with van der Waals surface area (Å²) in [5.41, 5.74) is 0.820. The molecule has 0 saturated heterocycles. The van der Waals surface area contributed by atoms with Crippen molar-refractivity contribution in [1.29, 1.82) is 5.26 Å². The van der Waals surface area contributed by atoms with Gasteiger partial charge in [-0.25, -0.2) is 4.98 Å². The Morgan fingerprint density at radius 1 is 1.56 bits per heavy atom. The lowest BCUT2D eigenvalue weighted by atomic mass is 10.2. The highest BCUT2D eigenvalue weighted by atomic mass is 32.2. The van der Waals surface area contributed by atoms with Gasteiger partial charge in [-0.3, -0.25) is 10.1 Å². The third-order valence-electron chi connectivity index (χ3n) is 2.09. The first kappa shape index (κ1) is 12.5. The van der Waals surface area contributed by atoms with Gasteiger partial charge >= 0.3 is 0 Å². The van der Waals surface area contributed by atoms with Crippen molar-refractivity contribution < 1.29 is 4.92 Å². The van der Waals surface area contributed by atoms with Crippen LogP contribution in [0.5, 0.6) is 0 Å². The zero-order valence-electron chi connectivity index (χ0n) is 9.28. The number of nitro benzene ring substituents is 1. The number of thiazole rings is 1. The van der Waals surface area contributed by atoms with Crippen LogP contribution >= 0.6 is 23.1 Å². The Morgan fingerprint density at radius 2 is 2.33 bits per heavy atom. The van der Waals surface area contributed by atoms with Crippen LogP contribution in [0.1, 0.15) is 11.3 Å². The second kappa shape index (κ2) is 5.16. The van der Waals surface area contributed by atoms with Crippen molar-refractivity contribution in [3.63, 3.8) is 0 Å². The predicted molar refractivity (Wildman–Crippen MR) is 68.8 cm³/mol. The Kier molecular flexibility index (Phi) is 3.60. The summed E-state index contributed by atoms with van der Waals surface area (Å²) in [6.45, 7) is 1.89. The van der Waals surface area contributed by atoms with Gasteiger partial charge in [0, 0.05) is 22.0 Å². The van der Waals surface area contributed by atoms with Crippen LogP contribution < -0.4 is 0 Å². The standard InChI is InChI=1S/C11H7N3O2S2/c1-7-6-17-11(13-7)18-9-3-2-8(5-12)10(4-9)14(15)16/h2-4,6H,1H3. The third kappa shape index (κ3) is 2.67. The fourth-order valence-electron chi connectivity index (χ4n) is 1.30. The van der Waals surface area contributed by atoms with E-state index in [9.17, 15) is 10.1 Å². The molecule has 0 N–H and O–H groups in total. The number of nitrogens with zero attached hydrogens (tertiary/aromatic N) is 3. The molecule has 0 bridgehead atoms. The summed E-state index contributed by atoms with van der Waals surface area (Å²) in [4.78, 5) is 15.2. The zero-order valence-corrected chi connectivity index (χ0v) is 10.9. The lowest BCUT2D eigenvalue weighted by molar-refractivity contribution is -0.385. The topological polar surface area (TPSA) is 79.8 Å². The Hall–Kier alpha value is -1.91. The van der Waals surface area contributed by atoms with Gasteiger partial charge in [0.05, 0.1) is 4.92 Å². The van der Waals surface area contributed by atoms with E-state index in [1.54, 1.807) is 6.07 Å². The van der Waals surface area contributed by atoms with Gasteiger partial charge in [-0.2, -0.15) is 5.26 Å². The summed E-state index contributed by atoms with van der Waals surface area (Å²) in [5.74, 6) is 0. The Balaban J connectivity index is 2.33. The van der Waals surface area contributed by atoms with Crippen LogP contribution in [-0.2, 0) is 0 Å². The minimum Gasteiger partial charge on any atom is -0.258 e. The smallest absolute Gasteiger partial charge is 0.258 e. The maximum atomic E-state index is 10.8. The van der Waals surface area contributed by atoms with E-state index in [4.69, 9.17) is 5.26 Å². The van der Waals surface area contributed by atoms with Gasteiger partial charge in [-0.1, -0.05) is 11.8 Å². The SMILES string of the molecule is Cc1csc(Sc2ccc(C#N)c([N+](=O)[O-])c2)n1. The average Bonchev–Trinajstić information content (AvgIpc) is 2.74. The molecule has 5 nitrogen and oxygen atoms in total. The molecule has 0 radical (unpaired) electrons. The van der Waals surface area contributed by atoms with Crippen LogP contribution in [0.3, 0.4) is 0 Å². The number of aryl methyl sites for hydroxylation is 1. The van der Waals surface area contributed by atoms with Crippen molar-refractivity contribution in [3.05, 3.63) is 45.0 Å². The molecule has 0 atom stereocenters. The highest BCUT2D eigenvalue weighted by Gasteiger charge is 2.15. The zero-order chi connectivity index (χ0) is 13.1. The molecule has 1 heterocycles. The number of aromatic nitrogens is 1. The molecule has 0 aliphatic heterocycles. The van der Waals surface area contributed by atoms with Crippen molar-refractivity contribution in [3.8, 4) is 6.07 Å². The number of hydrogen-bond acceptors (Lipinski definition) is 6. The number of rotatable bonds is 3. The monoisotopic (exact) mass is 277 g/mol. The summed E-state index contributed by atoms with van der Waals surface area (Å²) in [6.07, 6.45) is 0. The van der Waals surface area contributed by atoms with E-state index in [1.807, 2.05) is 18.4 Å². The van der Waals surface area contributed by atoms with Gasteiger partial charge in [-0.05, 0) is 19.1 Å². The Labute approximate surface area is 111 Å². The van der Waals surface area contributed by atoms with E-state index in [0.29, 0.717) is 4.90 Å². The van der Waals surface area contributed by atoms with Crippen LogP contribution in [0.4, 0.5) is 5.69 Å². The van der Waals surface area contributed by atoms with Crippen LogP contribution in [0, 0.1) is 28.4 Å². The molecule has 0 aliphatic carbocycles. The van der Waals surface area contributed by atoms with Crippen molar-refractivity contribution in [2.75, 3.05) is 0 Å². The molecule has 18 heavy (non-hydrogen) atoms. The van der Waals surface area contributed by atoms with E-state index in [-0.39, 0.29) is 11.3 Å². The third-order valence-corrected chi connectivity index (χ3v) is 4.14.